The van der Waals surface area contributed by atoms with Crippen molar-refractivity contribution < 1.29 is 9.59 Å². The number of rotatable bonds is 4. The van der Waals surface area contributed by atoms with Crippen molar-refractivity contribution in [1.29, 1.82) is 0 Å². The molecule has 6 heteroatoms. The minimum atomic E-state index is -0.157. The maximum atomic E-state index is 13.1. The van der Waals surface area contributed by atoms with Gasteiger partial charge in [0.2, 0.25) is 0 Å². The lowest BCUT2D eigenvalue weighted by atomic mass is 9.99. The zero-order chi connectivity index (χ0) is 20.3. The van der Waals surface area contributed by atoms with Crippen LogP contribution in [0.3, 0.4) is 0 Å². The molecule has 0 unspecified atom stereocenters. The van der Waals surface area contributed by atoms with Gasteiger partial charge in [0.1, 0.15) is 0 Å². The molecule has 5 nitrogen and oxygen atoms in total. The van der Waals surface area contributed by atoms with Crippen molar-refractivity contribution in [2.45, 2.75) is 25.2 Å². The van der Waals surface area contributed by atoms with Gasteiger partial charge >= 0.3 is 0 Å². The number of amides is 2. The van der Waals surface area contributed by atoms with Crippen LogP contribution in [0.5, 0.6) is 0 Å². The fraction of sp³-hybridized carbons (Fsp3) is 0.227. The highest BCUT2D eigenvalue weighted by molar-refractivity contribution is 8.13. The molecule has 3 aromatic rings. The fourth-order valence-electron chi connectivity index (χ4n) is 2.99. The lowest BCUT2D eigenvalue weighted by Crippen LogP contribution is -2.16. The first-order valence-corrected chi connectivity index (χ1v) is 9.91. The van der Waals surface area contributed by atoms with Gasteiger partial charge < -0.3 is 10.2 Å². The van der Waals surface area contributed by atoms with Gasteiger partial charge in [0, 0.05) is 35.8 Å². The average molecular weight is 394 g/mol. The van der Waals surface area contributed by atoms with Gasteiger partial charge in [-0.2, -0.15) is 0 Å². The third-order valence-corrected chi connectivity index (χ3v) is 5.53. The molecule has 0 aliphatic heterocycles. The van der Waals surface area contributed by atoms with Gasteiger partial charge in [0.25, 0.3) is 11.1 Å². The number of anilines is 1. The molecule has 0 saturated heterocycles. The van der Waals surface area contributed by atoms with Gasteiger partial charge in [-0.1, -0.05) is 25.1 Å². The minimum absolute atomic E-state index is 0.0391. The van der Waals surface area contributed by atoms with Gasteiger partial charge in [0.15, 0.2) is 0 Å². The number of aryl methyl sites for hydroxylation is 1. The second kappa shape index (κ2) is 8.44. The molecular formula is C22H23N3O2S. The monoisotopic (exact) mass is 393 g/mol. The Morgan fingerprint density at radius 2 is 1.75 bits per heavy atom. The van der Waals surface area contributed by atoms with Crippen LogP contribution in [-0.4, -0.2) is 35.1 Å². The number of nitrogens with zero attached hydrogens (tertiary/aromatic N) is 2. The van der Waals surface area contributed by atoms with Gasteiger partial charge in [0.05, 0.1) is 11.1 Å². The number of carbonyl (C=O) groups excluding carboxylic acids is 2. The van der Waals surface area contributed by atoms with E-state index in [1.807, 2.05) is 62.4 Å². The molecule has 0 aliphatic rings. The van der Waals surface area contributed by atoms with Crippen molar-refractivity contribution >= 4 is 39.5 Å². The lowest BCUT2D eigenvalue weighted by Gasteiger charge is -2.14. The van der Waals surface area contributed by atoms with Crippen LogP contribution < -0.4 is 5.32 Å². The van der Waals surface area contributed by atoms with Crippen LogP contribution in [0.15, 0.2) is 53.4 Å². The van der Waals surface area contributed by atoms with Crippen molar-refractivity contribution in [3.8, 4) is 0 Å². The summed E-state index contributed by atoms with van der Waals surface area (Å²) < 4.78 is 0. The highest BCUT2D eigenvalue weighted by atomic mass is 32.2. The number of pyridine rings is 1. The summed E-state index contributed by atoms with van der Waals surface area (Å²) in [5.74, 6) is -0.157. The predicted molar refractivity (Wildman–Crippen MR) is 115 cm³/mol. The molecule has 2 amide bonds. The third kappa shape index (κ3) is 4.17. The fourth-order valence-corrected chi connectivity index (χ4v) is 3.64. The smallest absolute Gasteiger partial charge is 0.285 e. The number of thioether (sulfide) groups is 1. The summed E-state index contributed by atoms with van der Waals surface area (Å²) in [6.45, 7) is 3.98. The zero-order valence-electron chi connectivity index (χ0n) is 16.4. The van der Waals surface area contributed by atoms with Gasteiger partial charge in [-0.3, -0.25) is 14.6 Å². The molecule has 3 rings (SSSR count). The van der Waals surface area contributed by atoms with Crippen molar-refractivity contribution in [3.05, 3.63) is 65.4 Å². The lowest BCUT2D eigenvalue weighted by molar-refractivity contribution is 0.102. The topological polar surface area (TPSA) is 62.3 Å². The molecular weight excluding hydrogens is 370 g/mol. The first kappa shape index (κ1) is 19.9. The molecule has 0 saturated carbocycles. The Morgan fingerprint density at radius 1 is 1.07 bits per heavy atom. The van der Waals surface area contributed by atoms with E-state index >= 15 is 0 Å². The molecule has 2 aromatic carbocycles. The summed E-state index contributed by atoms with van der Waals surface area (Å²) >= 11 is 1.15. The van der Waals surface area contributed by atoms with Crippen molar-refractivity contribution in [2.75, 3.05) is 19.4 Å². The number of hydrogen-bond acceptors (Lipinski definition) is 4. The molecule has 28 heavy (non-hydrogen) atoms. The van der Waals surface area contributed by atoms with Crippen LogP contribution >= 0.6 is 11.8 Å². The highest BCUT2D eigenvalue weighted by Gasteiger charge is 2.17. The van der Waals surface area contributed by atoms with E-state index in [1.54, 1.807) is 14.1 Å². The van der Waals surface area contributed by atoms with Crippen LogP contribution in [0.4, 0.5) is 10.5 Å². The van der Waals surface area contributed by atoms with E-state index in [0.717, 1.165) is 45.2 Å². The number of nitrogens with one attached hydrogen (secondary N) is 1. The second-order valence-corrected chi connectivity index (χ2v) is 7.69. The van der Waals surface area contributed by atoms with Gasteiger partial charge in [-0.15, -0.1) is 0 Å². The van der Waals surface area contributed by atoms with E-state index < -0.39 is 0 Å². The van der Waals surface area contributed by atoms with Crippen molar-refractivity contribution in [2.24, 2.45) is 0 Å². The first-order valence-electron chi connectivity index (χ1n) is 9.09. The van der Waals surface area contributed by atoms with Crippen LogP contribution in [0.1, 0.15) is 28.5 Å². The van der Waals surface area contributed by atoms with Gasteiger partial charge in [-0.25, -0.2) is 0 Å². The predicted octanol–water partition coefficient (Wildman–Crippen LogP) is 5.13. The second-order valence-electron chi connectivity index (χ2n) is 6.67. The number of fused-ring (bicyclic) bond motifs is 1. The Balaban J connectivity index is 1.87. The summed E-state index contributed by atoms with van der Waals surface area (Å²) in [4.78, 5) is 31.9. The standard InChI is InChI=1S/C22H23N3O2S/c1-5-18-14(2)20(17-8-6-7-9-19(17)24-18)21(26)23-15-10-12-16(13-11-15)28-22(27)25(3)4/h6-13H,5H2,1-4H3,(H,23,26). The Kier molecular flexibility index (Phi) is 5.99. The van der Waals surface area contributed by atoms with Crippen LogP contribution in [-0.2, 0) is 6.42 Å². The van der Waals surface area contributed by atoms with Crippen LogP contribution in [0.2, 0.25) is 0 Å². The maximum absolute atomic E-state index is 13.1. The summed E-state index contributed by atoms with van der Waals surface area (Å²) in [7, 11) is 3.44. The van der Waals surface area contributed by atoms with Gasteiger partial charge in [-0.05, 0) is 61.0 Å². The average Bonchev–Trinajstić information content (AvgIpc) is 2.68. The molecule has 0 bridgehead atoms. The molecule has 1 heterocycles. The number of carbonyl (C=O) groups is 2. The Hall–Kier alpha value is -2.86. The van der Waals surface area contributed by atoms with Crippen molar-refractivity contribution in [3.63, 3.8) is 0 Å². The molecule has 0 spiro atoms. The Labute approximate surface area is 169 Å². The Morgan fingerprint density at radius 3 is 2.39 bits per heavy atom. The molecule has 0 atom stereocenters. The number of aromatic nitrogens is 1. The molecule has 0 radical (unpaired) electrons. The van der Waals surface area contributed by atoms with E-state index in [9.17, 15) is 9.59 Å². The molecule has 0 aliphatic carbocycles. The highest BCUT2D eigenvalue weighted by Crippen LogP contribution is 2.26. The zero-order valence-corrected chi connectivity index (χ0v) is 17.3. The Bertz CT molecular complexity index is 1030. The number of para-hydroxylation sites is 1. The summed E-state index contributed by atoms with van der Waals surface area (Å²) in [6, 6.07) is 15.0. The summed E-state index contributed by atoms with van der Waals surface area (Å²) in [5.41, 5.74) is 4.00. The molecule has 1 aromatic heterocycles. The quantitative estimate of drug-likeness (QED) is 0.624. The number of hydrogen-bond donors (Lipinski definition) is 1. The first-order chi connectivity index (χ1) is 13.4. The van der Waals surface area contributed by atoms with E-state index in [4.69, 9.17) is 0 Å². The SMILES string of the molecule is CCc1nc2ccccc2c(C(=O)Nc2ccc(SC(=O)N(C)C)cc2)c1C. The minimum Gasteiger partial charge on any atom is -0.339 e. The van der Waals surface area contributed by atoms with Crippen LogP contribution in [0.25, 0.3) is 10.9 Å². The normalized spacial score (nSPS) is 10.7. The number of benzene rings is 2. The molecule has 1 N–H and O–H groups in total. The van der Waals surface area contributed by atoms with E-state index in [0.29, 0.717) is 11.3 Å². The van der Waals surface area contributed by atoms with E-state index in [2.05, 4.69) is 10.3 Å². The third-order valence-electron chi connectivity index (χ3n) is 4.48. The largest absolute Gasteiger partial charge is 0.339 e. The van der Waals surface area contributed by atoms with E-state index in [-0.39, 0.29) is 11.1 Å². The maximum Gasteiger partial charge on any atom is 0.285 e. The summed E-state index contributed by atoms with van der Waals surface area (Å²) in [6.07, 6.45) is 0.767. The summed E-state index contributed by atoms with van der Waals surface area (Å²) in [5, 5.41) is 3.78. The van der Waals surface area contributed by atoms with Crippen LogP contribution in [0, 0.1) is 6.92 Å². The molecule has 144 valence electrons. The van der Waals surface area contributed by atoms with Crippen molar-refractivity contribution in [1.82, 2.24) is 9.88 Å². The van der Waals surface area contributed by atoms with E-state index in [1.165, 1.54) is 4.90 Å². The molecule has 0 fully saturated rings.